The lowest BCUT2D eigenvalue weighted by Gasteiger charge is -2.05. The second-order valence-corrected chi connectivity index (χ2v) is 5.87. The van der Waals surface area contributed by atoms with E-state index in [1.807, 2.05) is 38.1 Å². The number of hydrogen-bond donors (Lipinski definition) is 2. The standard InChI is InChI=1S/C16H20N4O/c1-10(2)15-14(16(21)18-12-5-6-12)9-20(19-15)13-7-3-11(17)4-8-13/h3-4,7-10,12H,5-6,17H2,1-2H3,(H,18,21). The number of carbonyl (C=O) groups is 1. The van der Waals surface area contributed by atoms with Gasteiger partial charge < -0.3 is 11.1 Å². The van der Waals surface area contributed by atoms with Crippen molar-refractivity contribution in [3.8, 4) is 5.69 Å². The molecule has 0 aliphatic heterocycles. The summed E-state index contributed by atoms with van der Waals surface area (Å²) in [5, 5.41) is 7.60. The molecule has 1 aliphatic rings. The minimum absolute atomic E-state index is 0.0251. The van der Waals surface area contributed by atoms with Gasteiger partial charge in [0.1, 0.15) is 0 Å². The van der Waals surface area contributed by atoms with Crippen molar-refractivity contribution >= 4 is 11.6 Å². The number of nitrogens with two attached hydrogens (primary N) is 1. The maximum atomic E-state index is 12.3. The maximum absolute atomic E-state index is 12.3. The summed E-state index contributed by atoms with van der Waals surface area (Å²) in [6, 6.07) is 7.80. The number of hydrogen-bond acceptors (Lipinski definition) is 3. The monoisotopic (exact) mass is 284 g/mol. The zero-order valence-corrected chi connectivity index (χ0v) is 12.3. The molecule has 5 heteroatoms. The average molecular weight is 284 g/mol. The summed E-state index contributed by atoms with van der Waals surface area (Å²) < 4.78 is 1.75. The van der Waals surface area contributed by atoms with Crippen LogP contribution in [0.15, 0.2) is 30.5 Å². The van der Waals surface area contributed by atoms with Crippen molar-refractivity contribution in [2.45, 2.75) is 38.6 Å². The molecule has 21 heavy (non-hydrogen) atoms. The lowest BCUT2D eigenvalue weighted by molar-refractivity contribution is 0.0950. The molecule has 0 saturated heterocycles. The van der Waals surface area contributed by atoms with Gasteiger partial charge in [-0.05, 0) is 43.0 Å². The highest BCUT2D eigenvalue weighted by Crippen LogP contribution is 2.23. The van der Waals surface area contributed by atoms with Crippen molar-refractivity contribution in [1.29, 1.82) is 0 Å². The smallest absolute Gasteiger partial charge is 0.255 e. The number of aromatic nitrogens is 2. The van der Waals surface area contributed by atoms with Crippen LogP contribution in [0.2, 0.25) is 0 Å². The van der Waals surface area contributed by atoms with Gasteiger partial charge in [-0.25, -0.2) is 4.68 Å². The van der Waals surface area contributed by atoms with Gasteiger partial charge in [-0.15, -0.1) is 0 Å². The Hall–Kier alpha value is -2.30. The largest absolute Gasteiger partial charge is 0.399 e. The molecule has 0 atom stereocenters. The quantitative estimate of drug-likeness (QED) is 0.847. The van der Waals surface area contributed by atoms with Crippen LogP contribution in [0.25, 0.3) is 5.69 Å². The van der Waals surface area contributed by atoms with E-state index in [0.29, 0.717) is 17.3 Å². The highest BCUT2D eigenvalue weighted by Gasteiger charge is 2.26. The van der Waals surface area contributed by atoms with Crippen LogP contribution in [0, 0.1) is 0 Å². The second-order valence-electron chi connectivity index (χ2n) is 5.87. The van der Waals surface area contributed by atoms with Crippen LogP contribution in [0.3, 0.4) is 0 Å². The van der Waals surface area contributed by atoms with Crippen LogP contribution in [0.1, 0.15) is 48.7 Å². The summed E-state index contributed by atoms with van der Waals surface area (Å²) in [4.78, 5) is 12.3. The van der Waals surface area contributed by atoms with Crippen LogP contribution in [0.5, 0.6) is 0 Å². The molecule has 1 saturated carbocycles. The van der Waals surface area contributed by atoms with Crippen LogP contribution in [0.4, 0.5) is 5.69 Å². The Morgan fingerprint density at radius 3 is 2.57 bits per heavy atom. The van der Waals surface area contributed by atoms with E-state index in [2.05, 4.69) is 10.4 Å². The fraction of sp³-hybridized carbons (Fsp3) is 0.375. The average Bonchev–Trinajstić information content (AvgIpc) is 3.14. The van der Waals surface area contributed by atoms with E-state index in [0.717, 1.165) is 24.2 Å². The number of nitrogens with zero attached hydrogens (tertiary/aromatic N) is 2. The molecule has 3 N–H and O–H groups in total. The topological polar surface area (TPSA) is 72.9 Å². The first-order valence-electron chi connectivity index (χ1n) is 7.31. The SMILES string of the molecule is CC(C)c1nn(-c2ccc(N)cc2)cc1C(=O)NC1CC1. The van der Waals surface area contributed by atoms with E-state index < -0.39 is 0 Å². The van der Waals surface area contributed by atoms with Gasteiger partial charge in [0.2, 0.25) is 0 Å². The molecule has 2 aromatic rings. The second kappa shape index (κ2) is 5.24. The predicted octanol–water partition coefficient (Wildman–Crippen LogP) is 2.47. The highest BCUT2D eigenvalue weighted by molar-refractivity contribution is 5.95. The number of rotatable bonds is 4. The molecule has 0 unspecified atom stereocenters. The number of carbonyl (C=O) groups excluding carboxylic acids is 1. The van der Waals surface area contributed by atoms with E-state index in [1.165, 1.54) is 0 Å². The number of anilines is 1. The molecule has 0 spiro atoms. The van der Waals surface area contributed by atoms with Crippen molar-refractivity contribution in [2.75, 3.05) is 5.73 Å². The van der Waals surface area contributed by atoms with Crippen LogP contribution in [-0.2, 0) is 0 Å². The summed E-state index contributed by atoms with van der Waals surface area (Å²) >= 11 is 0. The summed E-state index contributed by atoms with van der Waals surface area (Å²) in [5.41, 5.74) is 8.80. The molecule has 0 bridgehead atoms. The van der Waals surface area contributed by atoms with Gasteiger partial charge in [0.15, 0.2) is 0 Å². The minimum atomic E-state index is -0.0251. The Balaban J connectivity index is 1.95. The first-order valence-corrected chi connectivity index (χ1v) is 7.31. The fourth-order valence-electron chi connectivity index (χ4n) is 2.24. The van der Waals surface area contributed by atoms with Crippen molar-refractivity contribution in [3.63, 3.8) is 0 Å². The first kappa shape index (κ1) is 13.7. The Labute approximate surface area is 124 Å². The van der Waals surface area contributed by atoms with Gasteiger partial charge in [-0.1, -0.05) is 13.8 Å². The third kappa shape index (κ3) is 2.91. The zero-order chi connectivity index (χ0) is 15.0. The maximum Gasteiger partial charge on any atom is 0.255 e. The molecule has 1 aromatic heterocycles. The molecule has 1 amide bonds. The van der Waals surface area contributed by atoms with Gasteiger partial charge in [0.05, 0.1) is 16.9 Å². The van der Waals surface area contributed by atoms with E-state index in [4.69, 9.17) is 5.73 Å². The predicted molar refractivity (Wildman–Crippen MR) is 82.6 cm³/mol. The zero-order valence-electron chi connectivity index (χ0n) is 12.3. The molecule has 1 aromatic carbocycles. The lowest BCUT2D eigenvalue weighted by atomic mass is 10.1. The van der Waals surface area contributed by atoms with E-state index in [-0.39, 0.29) is 11.8 Å². The number of nitrogens with one attached hydrogen (secondary N) is 1. The van der Waals surface area contributed by atoms with E-state index in [1.54, 1.807) is 10.9 Å². The Morgan fingerprint density at radius 2 is 2.00 bits per heavy atom. The van der Waals surface area contributed by atoms with Crippen LogP contribution in [-0.4, -0.2) is 21.7 Å². The third-order valence-corrected chi connectivity index (χ3v) is 3.60. The Kier molecular flexibility index (Phi) is 3.41. The molecule has 3 rings (SSSR count). The molecule has 0 radical (unpaired) electrons. The van der Waals surface area contributed by atoms with Crippen molar-refractivity contribution in [3.05, 3.63) is 41.7 Å². The van der Waals surface area contributed by atoms with Gasteiger partial charge in [-0.3, -0.25) is 4.79 Å². The molecule has 1 aliphatic carbocycles. The van der Waals surface area contributed by atoms with Gasteiger partial charge in [-0.2, -0.15) is 5.10 Å². The Bertz CT molecular complexity index is 653. The van der Waals surface area contributed by atoms with Gasteiger partial charge in [0.25, 0.3) is 5.91 Å². The van der Waals surface area contributed by atoms with Crippen LogP contribution < -0.4 is 11.1 Å². The molecular weight excluding hydrogens is 264 g/mol. The summed E-state index contributed by atoms with van der Waals surface area (Å²) in [6.07, 6.45) is 3.96. The lowest BCUT2D eigenvalue weighted by Crippen LogP contribution is -2.26. The van der Waals surface area contributed by atoms with Crippen molar-refractivity contribution < 1.29 is 4.79 Å². The third-order valence-electron chi connectivity index (χ3n) is 3.60. The molecule has 5 nitrogen and oxygen atoms in total. The number of nitrogen functional groups attached to an aromatic ring is 1. The highest BCUT2D eigenvalue weighted by atomic mass is 16.1. The number of amides is 1. The molecule has 1 fully saturated rings. The van der Waals surface area contributed by atoms with E-state index in [9.17, 15) is 4.79 Å². The summed E-state index contributed by atoms with van der Waals surface area (Å²) in [7, 11) is 0. The van der Waals surface area contributed by atoms with Crippen molar-refractivity contribution in [2.24, 2.45) is 0 Å². The molecule has 110 valence electrons. The first-order chi connectivity index (χ1) is 10.0. The van der Waals surface area contributed by atoms with Crippen LogP contribution >= 0.6 is 0 Å². The van der Waals surface area contributed by atoms with Crippen molar-refractivity contribution in [1.82, 2.24) is 15.1 Å². The van der Waals surface area contributed by atoms with Gasteiger partial charge >= 0.3 is 0 Å². The van der Waals surface area contributed by atoms with Gasteiger partial charge in [0, 0.05) is 17.9 Å². The summed E-state index contributed by atoms with van der Waals surface area (Å²) in [5.74, 6) is 0.169. The minimum Gasteiger partial charge on any atom is -0.399 e. The Morgan fingerprint density at radius 1 is 1.33 bits per heavy atom. The summed E-state index contributed by atoms with van der Waals surface area (Å²) in [6.45, 7) is 4.09. The normalized spacial score (nSPS) is 14.4. The fourth-order valence-corrected chi connectivity index (χ4v) is 2.24. The molecule has 1 heterocycles. The van der Waals surface area contributed by atoms with E-state index >= 15 is 0 Å². The number of benzene rings is 1. The molecular formula is C16H20N4O.